The average molecular weight is 279 g/mol. The normalized spacial score (nSPS) is 10.4. The Morgan fingerprint density at radius 1 is 1.35 bits per heavy atom. The lowest BCUT2D eigenvalue weighted by Gasteiger charge is -2.21. The highest BCUT2D eigenvalue weighted by Gasteiger charge is 2.16. The van der Waals surface area contributed by atoms with Gasteiger partial charge in [-0.3, -0.25) is 14.4 Å². The van der Waals surface area contributed by atoms with Gasteiger partial charge in [0.25, 0.3) is 5.56 Å². The summed E-state index contributed by atoms with van der Waals surface area (Å²) >= 11 is 0. The molecule has 0 spiro atoms. The van der Waals surface area contributed by atoms with Crippen molar-refractivity contribution in [2.24, 2.45) is 0 Å². The number of rotatable bonds is 6. The van der Waals surface area contributed by atoms with Crippen molar-refractivity contribution in [2.45, 2.75) is 33.4 Å². The van der Waals surface area contributed by atoms with E-state index in [1.165, 1.54) is 15.5 Å². The van der Waals surface area contributed by atoms with E-state index in [2.05, 4.69) is 5.32 Å². The van der Waals surface area contributed by atoms with Gasteiger partial charge in [-0.15, -0.1) is 0 Å². The van der Waals surface area contributed by atoms with E-state index in [0.29, 0.717) is 6.54 Å². The van der Waals surface area contributed by atoms with Crippen molar-refractivity contribution in [3.05, 3.63) is 34.7 Å². The lowest BCUT2D eigenvalue weighted by molar-refractivity contribution is -0.136. The third-order valence-corrected chi connectivity index (χ3v) is 2.72. The molecule has 2 amide bonds. The van der Waals surface area contributed by atoms with Gasteiger partial charge in [-0.1, -0.05) is 6.07 Å². The lowest BCUT2D eigenvalue weighted by atomic mass is 10.3. The second kappa shape index (κ2) is 7.47. The summed E-state index contributed by atoms with van der Waals surface area (Å²) in [5.74, 6) is -0.449. The van der Waals surface area contributed by atoms with Gasteiger partial charge in [0.1, 0.15) is 6.54 Å². The summed E-state index contributed by atoms with van der Waals surface area (Å²) in [6.45, 7) is 5.90. The Bertz CT molecular complexity index is 522. The van der Waals surface area contributed by atoms with E-state index < -0.39 is 0 Å². The van der Waals surface area contributed by atoms with E-state index in [4.69, 9.17) is 0 Å². The van der Waals surface area contributed by atoms with Gasteiger partial charge in [0.2, 0.25) is 11.8 Å². The van der Waals surface area contributed by atoms with Crippen molar-refractivity contribution in [3.63, 3.8) is 0 Å². The van der Waals surface area contributed by atoms with E-state index >= 15 is 0 Å². The van der Waals surface area contributed by atoms with Crippen molar-refractivity contribution in [1.29, 1.82) is 0 Å². The molecule has 0 aromatic carbocycles. The molecule has 1 aromatic heterocycles. The van der Waals surface area contributed by atoms with Crippen molar-refractivity contribution >= 4 is 11.8 Å². The second-order valence-corrected chi connectivity index (χ2v) is 4.80. The Morgan fingerprint density at radius 3 is 2.60 bits per heavy atom. The number of nitrogens with one attached hydrogen (secondary N) is 1. The number of hydrogen-bond acceptors (Lipinski definition) is 3. The molecule has 0 aliphatic rings. The smallest absolute Gasteiger partial charge is 0.250 e. The van der Waals surface area contributed by atoms with E-state index in [1.54, 1.807) is 25.3 Å². The fourth-order valence-corrected chi connectivity index (χ4v) is 1.75. The number of carbonyl (C=O) groups excluding carboxylic acids is 2. The Labute approximate surface area is 118 Å². The van der Waals surface area contributed by atoms with Gasteiger partial charge in [-0.2, -0.15) is 0 Å². The van der Waals surface area contributed by atoms with Gasteiger partial charge in [0, 0.05) is 24.8 Å². The number of nitrogens with zero attached hydrogens (tertiary/aromatic N) is 2. The van der Waals surface area contributed by atoms with E-state index in [0.717, 1.165) is 0 Å². The molecule has 6 heteroatoms. The molecule has 1 N–H and O–H groups in total. The molecule has 0 unspecified atom stereocenters. The first kappa shape index (κ1) is 15.9. The van der Waals surface area contributed by atoms with Crippen LogP contribution in [-0.2, 0) is 16.1 Å². The maximum absolute atomic E-state index is 12.1. The molecule has 0 aliphatic carbocycles. The summed E-state index contributed by atoms with van der Waals surface area (Å²) in [6.07, 6.45) is 1.56. The van der Waals surface area contributed by atoms with Gasteiger partial charge in [-0.25, -0.2) is 0 Å². The first-order chi connectivity index (χ1) is 9.43. The molecule has 0 atom stereocenters. The summed E-state index contributed by atoms with van der Waals surface area (Å²) in [5, 5.41) is 2.74. The molecule has 6 nitrogen and oxygen atoms in total. The fourth-order valence-electron chi connectivity index (χ4n) is 1.75. The molecular weight excluding hydrogens is 258 g/mol. The summed E-state index contributed by atoms with van der Waals surface area (Å²) < 4.78 is 1.32. The Kier molecular flexibility index (Phi) is 5.96. The topological polar surface area (TPSA) is 71.4 Å². The highest BCUT2D eigenvalue weighted by atomic mass is 16.2. The van der Waals surface area contributed by atoms with Crippen LogP contribution >= 0.6 is 0 Å². The highest BCUT2D eigenvalue weighted by molar-refractivity contribution is 5.84. The van der Waals surface area contributed by atoms with Crippen LogP contribution < -0.4 is 10.9 Å². The number of carbonyl (C=O) groups is 2. The highest BCUT2D eigenvalue weighted by Crippen LogP contribution is 1.94. The van der Waals surface area contributed by atoms with Gasteiger partial charge in [0.05, 0.1) is 6.54 Å². The molecule has 1 heterocycles. The minimum atomic E-state index is -0.250. The molecule has 0 fully saturated rings. The monoisotopic (exact) mass is 279 g/mol. The zero-order chi connectivity index (χ0) is 15.1. The van der Waals surface area contributed by atoms with Crippen LogP contribution in [0.1, 0.15) is 20.8 Å². The van der Waals surface area contributed by atoms with Gasteiger partial charge >= 0.3 is 0 Å². The minimum absolute atomic E-state index is 0.00903. The van der Waals surface area contributed by atoms with Gasteiger partial charge < -0.3 is 14.8 Å². The van der Waals surface area contributed by atoms with Crippen molar-refractivity contribution < 1.29 is 9.59 Å². The van der Waals surface area contributed by atoms with Crippen LogP contribution in [0.2, 0.25) is 0 Å². The molecule has 0 bridgehead atoms. The predicted octanol–water partition coefficient (Wildman–Crippen LogP) is 0.221. The molecule has 1 aromatic rings. The average Bonchev–Trinajstić information content (AvgIpc) is 2.37. The largest absolute Gasteiger partial charge is 0.352 e. The SMILES string of the molecule is CCN(CC(=O)NC(C)C)C(=O)Cn1ccccc1=O. The molecular formula is C14H21N3O3. The number of aromatic nitrogens is 1. The van der Waals surface area contributed by atoms with Crippen LogP contribution in [0.3, 0.4) is 0 Å². The summed E-state index contributed by atoms with van der Waals surface area (Å²) in [4.78, 5) is 36.8. The number of hydrogen-bond donors (Lipinski definition) is 1. The molecule has 0 aliphatic heterocycles. The molecule has 110 valence electrons. The van der Waals surface area contributed by atoms with Crippen LogP contribution in [0.5, 0.6) is 0 Å². The standard InChI is InChI=1S/C14H21N3O3/c1-4-16(9-12(18)15-11(2)3)14(20)10-17-8-6-5-7-13(17)19/h5-8,11H,4,9-10H2,1-3H3,(H,15,18). The first-order valence-corrected chi connectivity index (χ1v) is 6.66. The van der Waals surface area contributed by atoms with Crippen LogP contribution in [0.15, 0.2) is 29.2 Å². The van der Waals surface area contributed by atoms with Crippen LogP contribution in [-0.4, -0.2) is 40.4 Å². The Morgan fingerprint density at radius 2 is 2.05 bits per heavy atom. The number of likely N-dealkylation sites (N-methyl/N-ethyl adjacent to an activating group) is 1. The van der Waals surface area contributed by atoms with Crippen LogP contribution in [0, 0.1) is 0 Å². The van der Waals surface area contributed by atoms with Crippen LogP contribution in [0.25, 0.3) is 0 Å². The third kappa shape index (κ3) is 4.87. The summed E-state index contributed by atoms with van der Waals surface area (Å²) in [7, 11) is 0. The van der Waals surface area contributed by atoms with Crippen LogP contribution in [0.4, 0.5) is 0 Å². The molecule has 0 saturated carbocycles. The number of pyridine rings is 1. The maximum Gasteiger partial charge on any atom is 0.250 e. The minimum Gasteiger partial charge on any atom is -0.352 e. The van der Waals surface area contributed by atoms with E-state index in [9.17, 15) is 14.4 Å². The predicted molar refractivity (Wildman–Crippen MR) is 76.2 cm³/mol. The van der Waals surface area contributed by atoms with E-state index in [1.807, 2.05) is 13.8 Å². The molecule has 0 saturated heterocycles. The lowest BCUT2D eigenvalue weighted by Crippen LogP contribution is -2.44. The molecule has 1 rings (SSSR count). The second-order valence-electron chi connectivity index (χ2n) is 4.80. The maximum atomic E-state index is 12.1. The van der Waals surface area contributed by atoms with Gasteiger partial charge in [0.15, 0.2) is 0 Å². The summed E-state index contributed by atoms with van der Waals surface area (Å²) in [5.41, 5.74) is -0.233. The van der Waals surface area contributed by atoms with Crippen molar-refractivity contribution in [2.75, 3.05) is 13.1 Å². The van der Waals surface area contributed by atoms with E-state index in [-0.39, 0.29) is 36.5 Å². The quantitative estimate of drug-likeness (QED) is 0.810. The number of amides is 2. The van der Waals surface area contributed by atoms with Crippen molar-refractivity contribution in [1.82, 2.24) is 14.8 Å². The summed E-state index contributed by atoms with van der Waals surface area (Å²) in [6, 6.07) is 4.75. The zero-order valence-corrected chi connectivity index (χ0v) is 12.1. The Balaban J connectivity index is 2.66. The molecule has 0 radical (unpaired) electrons. The third-order valence-electron chi connectivity index (χ3n) is 2.72. The molecule has 20 heavy (non-hydrogen) atoms. The van der Waals surface area contributed by atoms with Gasteiger partial charge in [-0.05, 0) is 26.8 Å². The first-order valence-electron chi connectivity index (χ1n) is 6.66. The fraction of sp³-hybridized carbons (Fsp3) is 0.500. The Hall–Kier alpha value is -2.11. The zero-order valence-electron chi connectivity index (χ0n) is 12.1. The van der Waals surface area contributed by atoms with Crippen molar-refractivity contribution in [3.8, 4) is 0 Å².